The van der Waals surface area contributed by atoms with E-state index in [0.717, 1.165) is 77.7 Å². The fraction of sp³-hybridized carbons (Fsp3) is 0.655. The van der Waals surface area contributed by atoms with Crippen molar-refractivity contribution in [3.8, 4) is 0 Å². The molecule has 2 unspecified atom stereocenters. The summed E-state index contributed by atoms with van der Waals surface area (Å²) in [4.78, 5) is 21.5. The number of ether oxygens (including phenoxy) is 1. The minimum atomic E-state index is -2.49. The Morgan fingerprint density at radius 2 is 0.924 bits per heavy atom. The normalized spacial score (nSPS) is 12.7. The summed E-state index contributed by atoms with van der Waals surface area (Å²) in [6.07, 6.45) is 44.5. The van der Waals surface area contributed by atoms with Crippen LogP contribution in [-0.2, 0) is 18.8 Å². The second-order valence-corrected chi connectivity index (χ2v) is 23.0. The van der Waals surface area contributed by atoms with Crippen molar-refractivity contribution in [2.45, 2.75) is 232 Å². The number of allylic oxidation sites excluding steroid dienone is 6. The first-order valence-electron chi connectivity index (χ1n) is 26.2. The third kappa shape index (κ3) is 31.6. The van der Waals surface area contributed by atoms with Crippen molar-refractivity contribution in [3.63, 3.8) is 0 Å². The minimum Gasteiger partial charge on any atom is -0.481 e. The Hall–Kier alpha value is -3.30. The smallest absolute Gasteiger partial charge is 0.305 e. The number of hydrogen-bond donors (Lipinski definition) is 3. The van der Waals surface area contributed by atoms with E-state index in [2.05, 4.69) is 130 Å². The summed E-state index contributed by atoms with van der Waals surface area (Å²) < 4.78 is 11.9. The molecule has 8 heteroatoms. The molecule has 0 aliphatic carbocycles. The maximum atomic E-state index is 10.9. The Morgan fingerprint density at radius 3 is 1.30 bits per heavy atom. The van der Waals surface area contributed by atoms with Crippen molar-refractivity contribution in [2.24, 2.45) is 0 Å². The number of carboxylic acids is 1. The van der Waals surface area contributed by atoms with Gasteiger partial charge in [0.05, 0.1) is 13.2 Å². The van der Waals surface area contributed by atoms with Gasteiger partial charge < -0.3 is 24.5 Å². The zero-order chi connectivity index (χ0) is 49.0. The van der Waals surface area contributed by atoms with Crippen molar-refractivity contribution >= 4 is 30.6 Å². The average molecular weight is 936 g/mol. The molecule has 3 N–H and O–H groups in total. The molecule has 7 nitrogen and oxygen atoms in total. The van der Waals surface area contributed by atoms with E-state index in [1.54, 1.807) is 0 Å². The van der Waals surface area contributed by atoms with Gasteiger partial charge >= 0.3 is 11.9 Å². The molecule has 0 spiro atoms. The number of carboxylic acid groups (broad SMARTS) is 1. The number of aliphatic hydroxyl groups is 2. The van der Waals surface area contributed by atoms with Gasteiger partial charge in [0, 0.05) is 26.1 Å². The molecule has 0 aromatic heterocycles. The molecule has 0 saturated carbocycles. The van der Waals surface area contributed by atoms with Crippen LogP contribution in [0.15, 0.2) is 97.1 Å². The molecular formula is C58H98O7Si. The van der Waals surface area contributed by atoms with Crippen LogP contribution in [0.5, 0.6) is 0 Å². The zero-order valence-corrected chi connectivity index (χ0v) is 44.2. The van der Waals surface area contributed by atoms with Gasteiger partial charge in [-0.2, -0.15) is 0 Å². The van der Waals surface area contributed by atoms with E-state index in [-0.39, 0.29) is 23.2 Å². The van der Waals surface area contributed by atoms with Gasteiger partial charge in [-0.3, -0.25) is 9.59 Å². The van der Waals surface area contributed by atoms with Crippen LogP contribution in [-0.4, -0.2) is 62.0 Å². The molecule has 2 aromatic rings. The Labute approximate surface area is 406 Å². The van der Waals surface area contributed by atoms with Gasteiger partial charge in [0.2, 0.25) is 0 Å². The monoisotopic (exact) mass is 935 g/mol. The third-order valence-corrected chi connectivity index (χ3v) is 17.3. The van der Waals surface area contributed by atoms with Crippen LogP contribution in [0.2, 0.25) is 5.04 Å². The molecule has 0 saturated heterocycles. The Morgan fingerprint density at radius 1 is 0.545 bits per heavy atom. The number of unbranched alkanes of at least 4 members (excludes halogenated alkanes) is 17. The zero-order valence-electron chi connectivity index (χ0n) is 43.2. The summed E-state index contributed by atoms with van der Waals surface area (Å²) in [5, 5.41) is 27.8. The van der Waals surface area contributed by atoms with Crippen LogP contribution in [0.1, 0.15) is 214 Å². The summed E-state index contributed by atoms with van der Waals surface area (Å²) in [7, 11) is -0.0541. The Balaban J connectivity index is 0.00000139. The van der Waals surface area contributed by atoms with Crippen LogP contribution < -0.4 is 10.4 Å². The number of methoxy groups -OCH3 is 1. The van der Waals surface area contributed by atoms with Crippen molar-refractivity contribution in [1.29, 1.82) is 0 Å². The van der Waals surface area contributed by atoms with E-state index in [4.69, 9.17) is 14.6 Å². The van der Waals surface area contributed by atoms with Crippen molar-refractivity contribution in [1.82, 2.24) is 0 Å². The summed E-state index contributed by atoms with van der Waals surface area (Å²) in [5.74, 6) is -0.780. The average Bonchev–Trinajstić information content (AvgIpc) is 3.32. The van der Waals surface area contributed by atoms with Gasteiger partial charge in [-0.15, -0.1) is 0 Å². The quantitative estimate of drug-likeness (QED) is 0.0268. The van der Waals surface area contributed by atoms with Gasteiger partial charge in [-0.1, -0.05) is 202 Å². The summed E-state index contributed by atoms with van der Waals surface area (Å²) >= 11 is 0. The highest BCUT2D eigenvalue weighted by molar-refractivity contribution is 6.99. The first-order valence-corrected chi connectivity index (χ1v) is 28.1. The van der Waals surface area contributed by atoms with E-state index in [1.165, 1.54) is 114 Å². The maximum absolute atomic E-state index is 10.9. The van der Waals surface area contributed by atoms with Crippen LogP contribution >= 0.6 is 0 Å². The maximum Gasteiger partial charge on any atom is 0.305 e. The molecule has 0 amide bonds. The largest absolute Gasteiger partial charge is 0.481 e. The van der Waals surface area contributed by atoms with Gasteiger partial charge in [0.1, 0.15) is 0 Å². The topological polar surface area (TPSA) is 113 Å². The number of aliphatic hydroxyl groups excluding tert-OH is 2. The molecule has 0 radical (unpaired) electrons. The Kier molecular flexibility index (Phi) is 40.9. The van der Waals surface area contributed by atoms with Gasteiger partial charge in [-0.25, -0.2) is 0 Å². The highest BCUT2D eigenvalue weighted by Crippen LogP contribution is 2.38. The molecule has 0 aliphatic rings. The first-order chi connectivity index (χ1) is 32.0. The lowest BCUT2D eigenvalue weighted by Crippen LogP contribution is -2.67. The molecule has 2 atom stereocenters. The third-order valence-electron chi connectivity index (χ3n) is 12.2. The first kappa shape index (κ1) is 62.7. The molecule has 0 bridgehead atoms. The lowest BCUT2D eigenvalue weighted by Gasteiger charge is -2.45. The highest BCUT2D eigenvalue weighted by atomic mass is 28.4. The molecule has 2 aromatic carbocycles. The molecule has 0 heterocycles. The minimum absolute atomic E-state index is 0.0148. The van der Waals surface area contributed by atoms with Crippen LogP contribution in [0.3, 0.4) is 0 Å². The fourth-order valence-corrected chi connectivity index (χ4v) is 13.0. The molecule has 2 rings (SSSR count). The molecule has 66 heavy (non-hydrogen) atoms. The SMILES string of the molecule is CCC(CC/C=C\CCCCCCCCCCCCC(=O)O)O[Si](c1ccccc1)(c1ccccc1)C(C)(C)C.CCC(O)CC/C=C\CCCCCCC/C=C\CCCC(=O)OC.CO. The van der Waals surface area contributed by atoms with Crippen molar-refractivity contribution in [3.05, 3.63) is 97.1 Å². The van der Waals surface area contributed by atoms with Crippen LogP contribution in [0, 0.1) is 0 Å². The Bertz CT molecular complexity index is 1440. The summed E-state index contributed by atoms with van der Waals surface area (Å²) in [6, 6.07) is 22.0. The predicted molar refractivity (Wildman–Crippen MR) is 284 cm³/mol. The highest BCUT2D eigenvalue weighted by Gasteiger charge is 2.51. The van der Waals surface area contributed by atoms with E-state index in [0.29, 0.717) is 12.8 Å². The number of hydrogen-bond acceptors (Lipinski definition) is 6. The summed E-state index contributed by atoms with van der Waals surface area (Å²) in [5.41, 5.74) is 0. The number of benzene rings is 2. The number of carbonyl (C=O) groups excluding carboxylic acids is 1. The second-order valence-electron chi connectivity index (χ2n) is 18.7. The van der Waals surface area contributed by atoms with Crippen molar-refractivity contribution in [2.75, 3.05) is 14.2 Å². The molecule has 376 valence electrons. The predicted octanol–water partition coefficient (Wildman–Crippen LogP) is 14.8. The number of rotatable bonds is 37. The van der Waals surface area contributed by atoms with Crippen LogP contribution in [0.25, 0.3) is 0 Å². The molecule has 0 fully saturated rings. The molecular weight excluding hydrogens is 837 g/mol. The van der Waals surface area contributed by atoms with Gasteiger partial charge in [0.15, 0.2) is 0 Å². The molecule has 0 aliphatic heterocycles. The number of carbonyl (C=O) groups is 2. The van der Waals surface area contributed by atoms with E-state index in [1.807, 2.05) is 6.92 Å². The lowest BCUT2D eigenvalue weighted by atomic mass is 10.0. The second kappa shape index (κ2) is 43.0. The number of esters is 1. The standard InChI is InChI=1S/C36H56O3Si.C21H38O3.CH4O/c1-5-32(26-20-16-14-12-10-8-6-7-9-11-13-15-17-25-31-35(37)38)39-40(36(2,3)4,33-27-21-18-22-28-33)34-29-23-19-24-30-34;1-3-20(22)18-16-14-12-10-8-6-4-5-7-9-11-13-15-17-19-21(23)24-2;1-2/h14,16,18-19,21-24,27-30,32H,5-13,15,17,20,25-26,31H2,1-4H3,(H,37,38);11-14,20,22H,3-10,15-19H2,1-2H3;2H,1H3/b16-14-;13-11-,14-12-;. The number of aliphatic carboxylic acids is 1. The van der Waals surface area contributed by atoms with E-state index < -0.39 is 14.3 Å². The van der Waals surface area contributed by atoms with E-state index in [9.17, 15) is 14.7 Å². The van der Waals surface area contributed by atoms with Gasteiger partial charge in [0.25, 0.3) is 8.32 Å². The fourth-order valence-electron chi connectivity index (χ4n) is 8.24. The van der Waals surface area contributed by atoms with Gasteiger partial charge in [-0.05, 0) is 112 Å². The van der Waals surface area contributed by atoms with E-state index >= 15 is 0 Å². The lowest BCUT2D eigenvalue weighted by molar-refractivity contribution is -0.140. The van der Waals surface area contributed by atoms with Crippen LogP contribution in [0.4, 0.5) is 0 Å². The summed E-state index contributed by atoms with van der Waals surface area (Å²) in [6.45, 7) is 11.4. The van der Waals surface area contributed by atoms with Crippen molar-refractivity contribution < 1.29 is 34.1 Å².